The smallest absolute Gasteiger partial charge is 0.273 e. The molecule has 134 valence electrons. The van der Waals surface area contributed by atoms with Crippen molar-refractivity contribution in [2.45, 2.75) is 26.5 Å². The molecule has 0 aliphatic rings. The van der Waals surface area contributed by atoms with Gasteiger partial charge < -0.3 is 4.90 Å². The van der Waals surface area contributed by atoms with Crippen LogP contribution < -0.4 is 5.48 Å². The van der Waals surface area contributed by atoms with Crippen molar-refractivity contribution in [1.82, 2.24) is 15.4 Å². The summed E-state index contributed by atoms with van der Waals surface area (Å²) in [6.45, 7) is 5.11. The zero-order chi connectivity index (χ0) is 18.2. The zero-order valence-corrected chi connectivity index (χ0v) is 14.9. The minimum Gasteiger partial charge on any atom is -0.333 e. The summed E-state index contributed by atoms with van der Waals surface area (Å²) in [4.78, 5) is 33.6. The molecule has 1 aromatic heterocycles. The summed E-state index contributed by atoms with van der Waals surface area (Å²) >= 11 is 1.39. The minimum atomic E-state index is -0.442. The van der Waals surface area contributed by atoms with Gasteiger partial charge in [-0.1, -0.05) is 0 Å². The molecule has 0 saturated carbocycles. The standard InChI is InChI=1S/C16H20N4O4S/c1-12(2)19(16(21)15-10-25-11-17-15)8-7-18-24-9-13-3-5-14(6-4-13)20(22)23/h3-6,10-12,18H,7-9H2,1-2H3. The number of hydroxylamine groups is 1. The molecule has 0 radical (unpaired) electrons. The average Bonchev–Trinajstić information content (AvgIpc) is 3.12. The van der Waals surface area contributed by atoms with Crippen LogP contribution in [0.15, 0.2) is 35.2 Å². The van der Waals surface area contributed by atoms with Gasteiger partial charge in [0.15, 0.2) is 0 Å². The highest BCUT2D eigenvalue weighted by Crippen LogP contribution is 2.12. The summed E-state index contributed by atoms with van der Waals surface area (Å²) in [7, 11) is 0. The predicted molar refractivity (Wildman–Crippen MR) is 94.2 cm³/mol. The summed E-state index contributed by atoms with van der Waals surface area (Å²) in [5.74, 6) is -0.103. The molecule has 1 N–H and O–H groups in total. The highest BCUT2D eigenvalue weighted by atomic mass is 32.1. The number of rotatable bonds is 9. The van der Waals surface area contributed by atoms with Gasteiger partial charge in [-0.15, -0.1) is 11.3 Å². The molecule has 0 bridgehead atoms. The monoisotopic (exact) mass is 364 g/mol. The van der Waals surface area contributed by atoms with E-state index in [1.54, 1.807) is 27.9 Å². The Labute approximate surface area is 149 Å². The fourth-order valence-electron chi connectivity index (χ4n) is 2.15. The Morgan fingerprint density at radius 3 is 2.68 bits per heavy atom. The normalized spacial score (nSPS) is 10.8. The van der Waals surface area contributed by atoms with Crippen LogP contribution in [0.2, 0.25) is 0 Å². The van der Waals surface area contributed by atoms with E-state index in [0.717, 1.165) is 5.56 Å². The molecular weight excluding hydrogens is 344 g/mol. The Hall–Kier alpha value is -2.36. The predicted octanol–water partition coefficient (Wildman–Crippen LogP) is 2.62. The van der Waals surface area contributed by atoms with Crippen molar-refractivity contribution in [3.05, 3.63) is 56.5 Å². The summed E-state index contributed by atoms with van der Waals surface area (Å²) < 4.78 is 0. The summed E-state index contributed by atoms with van der Waals surface area (Å²) in [6, 6.07) is 6.21. The van der Waals surface area contributed by atoms with Crippen LogP contribution in [0.1, 0.15) is 29.9 Å². The maximum atomic E-state index is 12.4. The SMILES string of the molecule is CC(C)N(CCNOCc1ccc([N+](=O)[O-])cc1)C(=O)c1cscn1. The van der Waals surface area contributed by atoms with Crippen LogP contribution in [0.5, 0.6) is 0 Å². The number of nitrogens with zero attached hydrogens (tertiary/aromatic N) is 3. The molecule has 0 spiro atoms. The van der Waals surface area contributed by atoms with E-state index < -0.39 is 4.92 Å². The second-order valence-electron chi connectivity index (χ2n) is 5.57. The average molecular weight is 364 g/mol. The highest BCUT2D eigenvalue weighted by molar-refractivity contribution is 7.07. The van der Waals surface area contributed by atoms with Gasteiger partial charge in [0.25, 0.3) is 11.6 Å². The van der Waals surface area contributed by atoms with Crippen molar-refractivity contribution in [3.8, 4) is 0 Å². The molecular formula is C16H20N4O4S. The van der Waals surface area contributed by atoms with E-state index in [4.69, 9.17) is 4.84 Å². The number of nitro groups is 1. The van der Waals surface area contributed by atoms with E-state index in [2.05, 4.69) is 10.5 Å². The first-order valence-electron chi connectivity index (χ1n) is 7.76. The van der Waals surface area contributed by atoms with Crippen molar-refractivity contribution >= 4 is 22.9 Å². The molecule has 0 fully saturated rings. The van der Waals surface area contributed by atoms with E-state index >= 15 is 0 Å². The second kappa shape index (κ2) is 9.21. The maximum Gasteiger partial charge on any atom is 0.273 e. The van der Waals surface area contributed by atoms with E-state index in [9.17, 15) is 14.9 Å². The molecule has 0 aliphatic carbocycles. The van der Waals surface area contributed by atoms with E-state index in [-0.39, 0.29) is 24.2 Å². The molecule has 1 heterocycles. The Bertz CT molecular complexity index is 689. The Kier molecular flexibility index (Phi) is 6.99. The summed E-state index contributed by atoms with van der Waals surface area (Å²) in [6.07, 6.45) is 0. The number of nitro benzene ring substituents is 1. The van der Waals surface area contributed by atoms with Crippen LogP contribution in [0, 0.1) is 10.1 Å². The van der Waals surface area contributed by atoms with E-state index in [1.165, 1.54) is 23.5 Å². The van der Waals surface area contributed by atoms with Crippen molar-refractivity contribution in [2.24, 2.45) is 0 Å². The quantitative estimate of drug-likeness (QED) is 0.417. The molecule has 2 rings (SSSR count). The molecule has 2 aromatic rings. The third-order valence-electron chi connectivity index (χ3n) is 3.48. The minimum absolute atomic E-state index is 0.0461. The topological polar surface area (TPSA) is 97.6 Å². The van der Waals surface area contributed by atoms with Gasteiger partial charge in [-0.25, -0.2) is 10.5 Å². The molecule has 1 amide bonds. The zero-order valence-electron chi connectivity index (χ0n) is 14.0. The number of nitrogens with one attached hydrogen (secondary N) is 1. The fourth-order valence-corrected chi connectivity index (χ4v) is 2.67. The van der Waals surface area contributed by atoms with E-state index in [1.807, 2.05) is 13.8 Å². The first kappa shape index (κ1) is 19.0. The third-order valence-corrected chi connectivity index (χ3v) is 4.06. The Morgan fingerprint density at radius 2 is 2.12 bits per heavy atom. The van der Waals surface area contributed by atoms with Crippen LogP contribution in [-0.2, 0) is 11.4 Å². The van der Waals surface area contributed by atoms with Gasteiger partial charge in [-0.2, -0.15) is 0 Å². The van der Waals surface area contributed by atoms with Crippen molar-refractivity contribution in [3.63, 3.8) is 0 Å². The lowest BCUT2D eigenvalue weighted by Crippen LogP contribution is -2.41. The lowest BCUT2D eigenvalue weighted by atomic mass is 10.2. The molecule has 8 nitrogen and oxygen atoms in total. The second-order valence-corrected chi connectivity index (χ2v) is 6.29. The van der Waals surface area contributed by atoms with Crippen molar-refractivity contribution in [1.29, 1.82) is 0 Å². The number of benzene rings is 1. The largest absolute Gasteiger partial charge is 0.333 e. The molecule has 9 heteroatoms. The third kappa shape index (κ3) is 5.59. The van der Waals surface area contributed by atoms with Crippen LogP contribution >= 0.6 is 11.3 Å². The van der Waals surface area contributed by atoms with Gasteiger partial charge in [0, 0.05) is 36.6 Å². The molecule has 25 heavy (non-hydrogen) atoms. The number of hydrogen-bond donors (Lipinski definition) is 1. The first-order chi connectivity index (χ1) is 12.0. The number of non-ortho nitro benzene ring substituents is 1. The molecule has 0 unspecified atom stereocenters. The van der Waals surface area contributed by atoms with Gasteiger partial charge in [-0.3, -0.25) is 19.7 Å². The van der Waals surface area contributed by atoms with Gasteiger partial charge in [-0.05, 0) is 31.5 Å². The van der Waals surface area contributed by atoms with Crippen LogP contribution in [0.4, 0.5) is 5.69 Å². The van der Waals surface area contributed by atoms with Crippen LogP contribution in [-0.4, -0.2) is 39.8 Å². The molecule has 0 saturated heterocycles. The fraction of sp³-hybridized carbons (Fsp3) is 0.375. The Balaban J connectivity index is 1.75. The molecule has 0 atom stereocenters. The van der Waals surface area contributed by atoms with Gasteiger partial charge in [0.05, 0.1) is 17.0 Å². The summed E-state index contributed by atoms with van der Waals surface area (Å²) in [5, 5.41) is 12.3. The number of carbonyl (C=O) groups is 1. The highest BCUT2D eigenvalue weighted by Gasteiger charge is 2.19. The maximum absolute atomic E-state index is 12.4. The number of aromatic nitrogens is 1. The lowest BCUT2D eigenvalue weighted by molar-refractivity contribution is -0.384. The lowest BCUT2D eigenvalue weighted by Gasteiger charge is -2.26. The summed E-state index contributed by atoms with van der Waals surface area (Å²) in [5.41, 5.74) is 5.76. The molecule has 0 aliphatic heterocycles. The van der Waals surface area contributed by atoms with E-state index in [0.29, 0.717) is 18.8 Å². The number of carbonyl (C=O) groups excluding carboxylic acids is 1. The van der Waals surface area contributed by atoms with Crippen LogP contribution in [0.3, 0.4) is 0 Å². The van der Waals surface area contributed by atoms with Crippen molar-refractivity contribution in [2.75, 3.05) is 13.1 Å². The van der Waals surface area contributed by atoms with Gasteiger partial charge in [0.2, 0.25) is 0 Å². The van der Waals surface area contributed by atoms with Crippen LogP contribution in [0.25, 0.3) is 0 Å². The van der Waals surface area contributed by atoms with Gasteiger partial charge >= 0.3 is 0 Å². The number of hydrogen-bond acceptors (Lipinski definition) is 7. The Morgan fingerprint density at radius 1 is 1.40 bits per heavy atom. The number of amides is 1. The molecule has 1 aromatic carbocycles. The first-order valence-corrected chi connectivity index (χ1v) is 8.70. The van der Waals surface area contributed by atoms with Gasteiger partial charge in [0.1, 0.15) is 5.69 Å². The van der Waals surface area contributed by atoms with Crippen molar-refractivity contribution < 1.29 is 14.6 Å². The number of thiazole rings is 1.